The van der Waals surface area contributed by atoms with Crippen LogP contribution in [0.15, 0.2) is 18.2 Å². The van der Waals surface area contributed by atoms with E-state index in [2.05, 4.69) is 31.1 Å². The van der Waals surface area contributed by atoms with E-state index in [1.54, 1.807) is 0 Å². The maximum atomic E-state index is 5.46. The van der Waals surface area contributed by atoms with Crippen LogP contribution in [0, 0.1) is 0 Å². The molecule has 1 rings (SSSR count). The Balaban J connectivity index is 2.50. The highest BCUT2D eigenvalue weighted by Gasteiger charge is 1.99. The summed E-state index contributed by atoms with van der Waals surface area (Å²) in [7, 11) is 0. The van der Waals surface area contributed by atoms with Crippen molar-refractivity contribution in [3.63, 3.8) is 0 Å². The van der Waals surface area contributed by atoms with Gasteiger partial charge in [-0.25, -0.2) is 4.98 Å². The van der Waals surface area contributed by atoms with Gasteiger partial charge in [0.05, 0.1) is 12.3 Å². The summed E-state index contributed by atoms with van der Waals surface area (Å²) in [6, 6.07) is 6.37. The molecule has 0 saturated carbocycles. The summed E-state index contributed by atoms with van der Waals surface area (Å²) in [6.45, 7) is 7.86. The summed E-state index contributed by atoms with van der Waals surface area (Å²) in [5.74, 6) is 0.722. The predicted molar refractivity (Wildman–Crippen MR) is 62.0 cm³/mol. The Morgan fingerprint density at radius 2 is 2.20 bits per heavy atom. The van der Waals surface area contributed by atoms with Gasteiger partial charge in [0.25, 0.3) is 0 Å². The fraction of sp³-hybridized carbons (Fsp3) is 0.583. The van der Waals surface area contributed by atoms with Crippen molar-refractivity contribution in [1.82, 2.24) is 10.3 Å². The van der Waals surface area contributed by atoms with Crippen molar-refractivity contribution in [3.8, 4) is 5.88 Å². The number of hydrogen-bond donors (Lipinski definition) is 1. The number of rotatable bonds is 6. The fourth-order valence-corrected chi connectivity index (χ4v) is 1.15. The second kappa shape index (κ2) is 6.40. The molecule has 0 bridgehead atoms. The fourth-order valence-electron chi connectivity index (χ4n) is 1.15. The van der Waals surface area contributed by atoms with E-state index in [4.69, 9.17) is 4.74 Å². The molecule has 0 amide bonds. The first-order valence-corrected chi connectivity index (χ1v) is 5.54. The molecule has 0 aromatic carbocycles. The number of nitrogens with one attached hydrogen (secondary N) is 1. The summed E-state index contributed by atoms with van der Waals surface area (Å²) >= 11 is 0. The third-order valence-electron chi connectivity index (χ3n) is 1.93. The summed E-state index contributed by atoms with van der Waals surface area (Å²) in [4.78, 5) is 4.40. The standard InChI is InChI=1S/C12H20N2O/c1-4-8-15-12-7-5-6-11(14-12)9-13-10(2)3/h5-7,10,13H,4,8-9H2,1-3H3. The topological polar surface area (TPSA) is 34.1 Å². The molecule has 0 unspecified atom stereocenters. The normalized spacial score (nSPS) is 10.7. The van der Waals surface area contributed by atoms with Crippen molar-refractivity contribution in [2.75, 3.05) is 6.61 Å². The molecule has 1 aromatic rings. The molecule has 0 aliphatic carbocycles. The van der Waals surface area contributed by atoms with E-state index in [9.17, 15) is 0 Å². The molecule has 0 radical (unpaired) electrons. The average Bonchev–Trinajstić information content (AvgIpc) is 2.24. The highest BCUT2D eigenvalue weighted by molar-refractivity contribution is 5.15. The number of ether oxygens (including phenoxy) is 1. The zero-order valence-electron chi connectivity index (χ0n) is 9.79. The van der Waals surface area contributed by atoms with Crippen molar-refractivity contribution in [2.45, 2.75) is 39.8 Å². The maximum absolute atomic E-state index is 5.46. The maximum Gasteiger partial charge on any atom is 0.213 e. The van der Waals surface area contributed by atoms with Crippen LogP contribution in [0.3, 0.4) is 0 Å². The van der Waals surface area contributed by atoms with Crippen LogP contribution in [-0.2, 0) is 6.54 Å². The second-order valence-corrected chi connectivity index (χ2v) is 3.85. The van der Waals surface area contributed by atoms with Crippen LogP contribution in [0.2, 0.25) is 0 Å². The van der Waals surface area contributed by atoms with Crippen LogP contribution in [0.1, 0.15) is 32.9 Å². The molecule has 0 atom stereocenters. The van der Waals surface area contributed by atoms with E-state index in [0.29, 0.717) is 6.04 Å². The molecule has 0 spiro atoms. The van der Waals surface area contributed by atoms with Crippen LogP contribution in [-0.4, -0.2) is 17.6 Å². The van der Waals surface area contributed by atoms with Gasteiger partial charge in [0.2, 0.25) is 5.88 Å². The number of pyridine rings is 1. The summed E-state index contributed by atoms with van der Waals surface area (Å²) < 4.78 is 5.46. The van der Waals surface area contributed by atoms with E-state index < -0.39 is 0 Å². The third kappa shape index (κ3) is 4.79. The van der Waals surface area contributed by atoms with E-state index in [1.807, 2.05) is 18.2 Å². The van der Waals surface area contributed by atoms with Gasteiger partial charge >= 0.3 is 0 Å². The van der Waals surface area contributed by atoms with E-state index in [0.717, 1.165) is 31.1 Å². The first-order chi connectivity index (χ1) is 7.22. The van der Waals surface area contributed by atoms with Crippen molar-refractivity contribution >= 4 is 0 Å². The minimum atomic E-state index is 0.479. The second-order valence-electron chi connectivity index (χ2n) is 3.85. The lowest BCUT2D eigenvalue weighted by Crippen LogP contribution is -2.22. The van der Waals surface area contributed by atoms with Gasteiger partial charge in [-0.1, -0.05) is 26.8 Å². The Kier molecular flexibility index (Phi) is 5.12. The van der Waals surface area contributed by atoms with Crippen molar-refractivity contribution in [1.29, 1.82) is 0 Å². The Morgan fingerprint density at radius 3 is 2.87 bits per heavy atom. The SMILES string of the molecule is CCCOc1cccc(CNC(C)C)n1. The lowest BCUT2D eigenvalue weighted by atomic mass is 10.3. The van der Waals surface area contributed by atoms with E-state index in [-0.39, 0.29) is 0 Å². The number of aromatic nitrogens is 1. The van der Waals surface area contributed by atoms with Gasteiger partial charge < -0.3 is 10.1 Å². The van der Waals surface area contributed by atoms with E-state index in [1.165, 1.54) is 0 Å². The molecule has 0 aliphatic rings. The molecular formula is C12H20N2O. The van der Waals surface area contributed by atoms with Gasteiger partial charge in [-0.05, 0) is 12.5 Å². The van der Waals surface area contributed by atoms with Gasteiger partial charge in [0, 0.05) is 18.7 Å². The summed E-state index contributed by atoms with van der Waals surface area (Å²) in [6.07, 6.45) is 1.01. The first kappa shape index (κ1) is 12.0. The molecule has 0 saturated heterocycles. The smallest absolute Gasteiger partial charge is 0.213 e. The molecule has 0 fully saturated rings. The van der Waals surface area contributed by atoms with Gasteiger partial charge in [-0.15, -0.1) is 0 Å². The Morgan fingerprint density at radius 1 is 1.40 bits per heavy atom. The van der Waals surface area contributed by atoms with Crippen LogP contribution < -0.4 is 10.1 Å². The van der Waals surface area contributed by atoms with E-state index >= 15 is 0 Å². The third-order valence-corrected chi connectivity index (χ3v) is 1.93. The minimum absolute atomic E-state index is 0.479. The molecule has 1 aromatic heterocycles. The zero-order valence-corrected chi connectivity index (χ0v) is 9.79. The molecule has 3 heteroatoms. The molecule has 0 aliphatic heterocycles. The highest BCUT2D eigenvalue weighted by atomic mass is 16.5. The van der Waals surface area contributed by atoms with Gasteiger partial charge in [0.15, 0.2) is 0 Å². The monoisotopic (exact) mass is 208 g/mol. The Bertz CT molecular complexity index is 287. The van der Waals surface area contributed by atoms with Crippen molar-refractivity contribution < 1.29 is 4.74 Å². The largest absolute Gasteiger partial charge is 0.478 e. The summed E-state index contributed by atoms with van der Waals surface area (Å²) in [5, 5.41) is 3.33. The van der Waals surface area contributed by atoms with Crippen molar-refractivity contribution in [3.05, 3.63) is 23.9 Å². The van der Waals surface area contributed by atoms with Gasteiger partial charge in [-0.3, -0.25) is 0 Å². The Hall–Kier alpha value is -1.09. The Labute approximate surface area is 91.9 Å². The van der Waals surface area contributed by atoms with Crippen molar-refractivity contribution in [2.24, 2.45) is 0 Å². The molecule has 1 N–H and O–H groups in total. The number of nitrogens with zero attached hydrogens (tertiary/aromatic N) is 1. The highest BCUT2D eigenvalue weighted by Crippen LogP contribution is 2.07. The molecule has 1 heterocycles. The molecule has 15 heavy (non-hydrogen) atoms. The quantitative estimate of drug-likeness (QED) is 0.779. The molecular weight excluding hydrogens is 188 g/mol. The average molecular weight is 208 g/mol. The zero-order chi connectivity index (χ0) is 11.1. The summed E-state index contributed by atoms with van der Waals surface area (Å²) in [5.41, 5.74) is 1.03. The minimum Gasteiger partial charge on any atom is -0.478 e. The lowest BCUT2D eigenvalue weighted by molar-refractivity contribution is 0.304. The molecule has 84 valence electrons. The first-order valence-electron chi connectivity index (χ1n) is 5.54. The lowest BCUT2D eigenvalue weighted by Gasteiger charge is -2.09. The van der Waals surface area contributed by atoms with Crippen LogP contribution >= 0.6 is 0 Å². The van der Waals surface area contributed by atoms with Crippen LogP contribution in [0.5, 0.6) is 5.88 Å². The molecule has 3 nitrogen and oxygen atoms in total. The van der Waals surface area contributed by atoms with Crippen LogP contribution in [0.4, 0.5) is 0 Å². The van der Waals surface area contributed by atoms with Crippen LogP contribution in [0.25, 0.3) is 0 Å². The van der Waals surface area contributed by atoms with Gasteiger partial charge in [0.1, 0.15) is 0 Å². The van der Waals surface area contributed by atoms with Gasteiger partial charge in [-0.2, -0.15) is 0 Å². The predicted octanol–water partition coefficient (Wildman–Crippen LogP) is 2.37. The number of hydrogen-bond acceptors (Lipinski definition) is 3.